The normalized spacial score (nSPS) is 18.2. The van der Waals surface area contributed by atoms with Crippen molar-refractivity contribution in [1.82, 2.24) is 5.32 Å². The summed E-state index contributed by atoms with van der Waals surface area (Å²) in [7, 11) is 1.61. The zero-order chi connectivity index (χ0) is 23.0. The van der Waals surface area contributed by atoms with Gasteiger partial charge in [-0.25, -0.2) is 0 Å². The van der Waals surface area contributed by atoms with E-state index in [4.69, 9.17) is 21.1 Å². The van der Waals surface area contributed by atoms with Crippen LogP contribution in [0.4, 0.5) is 0 Å². The Morgan fingerprint density at radius 2 is 1.88 bits per heavy atom. The molecule has 1 fully saturated rings. The molecule has 1 aliphatic heterocycles. The summed E-state index contributed by atoms with van der Waals surface area (Å²) in [5, 5.41) is 5.47. The summed E-state index contributed by atoms with van der Waals surface area (Å²) < 4.78 is 11.7. The number of halogens is 1. The zero-order valence-electron chi connectivity index (χ0n) is 18.5. The highest BCUT2D eigenvalue weighted by Crippen LogP contribution is 2.49. The predicted molar refractivity (Wildman–Crippen MR) is 128 cm³/mol. The number of ketones is 1. The average Bonchev–Trinajstić information content (AvgIpc) is 2.81. The van der Waals surface area contributed by atoms with Gasteiger partial charge in [0.1, 0.15) is 17.1 Å². The molecule has 0 aromatic heterocycles. The second kappa shape index (κ2) is 8.71. The Morgan fingerprint density at radius 3 is 2.61 bits per heavy atom. The van der Waals surface area contributed by atoms with Gasteiger partial charge in [0, 0.05) is 40.8 Å². The first kappa shape index (κ1) is 21.8. The van der Waals surface area contributed by atoms with Gasteiger partial charge in [-0.2, -0.15) is 0 Å². The highest BCUT2D eigenvalue weighted by atomic mass is 35.5. The maximum atomic E-state index is 13.0. The maximum Gasteiger partial charge on any atom is 0.220 e. The van der Waals surface area contributed by atoms with Gasteiger partial charge in [-0.05, 0) is 55.0 Å². The summed E-state index contributed by atoms with van der Waals surface area (Å²) in [6.07, 6.45) is 4.10. The van der Waals surface area contributed by atoms with Crippen LogP contribution < -0.4 is 14.8 Å². The highest BCUT2D eigenvalue weighted by Gasteiger charge is 2.46. The van der Waals surface area contributed by atoms with Gasteiger partial charge in [-0.3, -0.25) is 9.59 Å². The number of hydrogen-bond acceptors (Lipinski definition) is 4. The van der Waals surface area contributed by atoms with Gasteiger partial charge in [0.2, 0.25) is 5.91 Å². The Hall–Kier alpha value is -3.05. The van der Waals surface area contributed by atoms with E-state index in [-0.39, 0.29) is 36.2 Å². The number of nitrogens with one attached hydrogen (secondary N) is 1. The van der Waals surface area contributed by atoms with Crippen LogP contribution in [0.3, 0.4) is 0 Å². The third-order valence-electron chi connectivity index (χ3n) is 6.83. The summed E-state index contributed by atoms with van der Waals surface area (Å²) >= 11 is 6.22. The third-order valence-corrected chi connectivity index (χ3v) is 7.07. The van der Waals surface area contributed by atoms with Crippen LogP contribution in [0, 0.1) is 0 Å². The molecule has 0 saturated heterocycles. The average molecular weight is 464 g/mol. The van der Waals surface area contributed by atoms with Gasteiger partial charge in [0.05, 0.1) is 13.2 Å². The van der Waals surface area contributed by atoms with Crippen LogP contribution in [-0.4, -0.2) is 24.4 Å². The number of carbonyl (C=O) groups is 2. The van der Waals surface area contributed by atoms with Crippen LogP contribution in [0.2, 0.25) is 5.02 Å². The van der Waals surface area contributed by atoms with Crippen LogP contribution in [0.15, 0.2) is 54.6 Å². The van der Waals surface area contributed by atoms with Crippen molar-refractivity contribution in [1.29, 1.82) is 0 Å². The lowest BCUT2D eigenvalue weighted by molar-refractivity contribution is -0.123. The summed E-state index contributed by atoms with van der Waals surface area (Å²) in [6, 6.07) is 16.6. The minimum atomic E-state index is -0.198. The Labute approximate surface area is 198 Å². The quantitative estimate of drug-likeness (QED) is 0.453. The molecule has 5 nitrogen and oxygen atoms in total. The molecule has 6 heteroatoms. The first-order valence-electron chi connectivity index (χ1n) is 11.3. The minimum absolute atomic E-state index is 0.0603. The molecule has 1 spiro atoms. The molecule has 1 heterocycles. The Morgan fingerprint density at radius 1 is 1.09 bits per heavy atom. The van der Waals surface area contributed by atoms with Crippen LogP contribution in [0.5, 0.6) is 11.5 Å². The van der Waals surface area contributed by atoms with Crippen LogP contribution in [-0.2, 0) is 4.79 Å². The van der Waals surface area contributed by atoms with Gasteiger partial charge in [0.15, 0.2) is 5.78 Å². The first-order valence-corrected chi connectivity index (χ1v) is 11.7. The number of fused-ring (bicyclic) bond motifs is 2. The molecule has 33 heavy (non-hydrogen) atoms. The molecule has 1 saturated carbocycles. The topological polar surface area (TPSA) is 64.6 Å². The van der Waals surface area contributed by atoms with Gasteiger partial charge >= 0.3 is 0 Å². The van der Waals surface area contributed by atoms with Crippen molar-refractivity contribution < 1.29 is 19.1 Å². The van der Waals surface area contributed by atoms with E-state index >= 15 is 0 Å². The molecular formula is C27H26ClNO4. The van der Waals surface area contributed by atoms with E-state index < -0.39 is 0 Å². The molecule has 3 aromatic rings. The number of amides is 1. The lowest BCUT2D eigenvalue weighted by Crippen LogP contribution is -2.49. The SMILES string of the molecule is COc1ccc(C(=O)CCC(=O)NC2CC3(CCC3)Oc3ccc(Cl)cc32)c2ccccc12. The largest absolute Gasteiger partial charge is 0.496 e. The third kappa shape index (κ3) is 4.18. The van der Waals surface area contributed by atoms with E-state index in [1.165, 1.54) is 0 Å². The lowest BCUT2D eigenvalue weighted by Gasteiger charge is -2.48. The molecular weight excluding hydrogens is 438 g/mol. The van der Waals surface area contributed by atoms with E-state index in [9.17, 15) is 9.59 Å². The van der Waals surface area contributed by atoms with Crippen molar-refractivity contribution in [2.45, 2.75) is 50.2 Å². The van der Waals surface area contributed by atoms with E-state index in [0.29, 0.717) is 10.6 Å². The van der Waals surface area contributed by atoms with Crippen molar-refractivity contribution in [2.75, 3.05) is 7.11 Å². The molecule has 0 bridgehead atoms. The molecule has 0 radical (unpaired) electrons. The Bertz CT molecular complexity index is 1230. The van der Waals surface area contributed by atoms with E-state index in [2.05, 4.69) is 5.32 Å². The predicted octanol–water partition coefficient (Wildman–Crippen LogP) is 6.03. The van der Waals surface area contributed by atoms with Gasteiger partial charge < -0.3 is 14.8 Å². The minimum Gasteiger partial charge on any atom is -0.496 e. The second-order valence-electron chi connectivity index (χ2n) is 8.93. The Kier molecular flexibility index (Phi) is 5.75. The summed E-state index contributed by atoms with van der Waals surface area (Å²) in [5.41, 5.74) is 1.31. The fourth-order valence-electron chi connectivity index (χ4n) is 4.97. The molecule has 1 amide bonds. The fourth-order valence-corrected chi connectivity index (χ4v) is 5.15. The zero-order valence-corrected chi connectivity index (χ0v) is 19.3. The van der Waals surface area contributed by atoms with E-state index in [0.717, 1.165) is 53.5 Å². The molecule has 170 valence electrons. The van der Waals surface area contributed by atoms with Crippen molar-refractivity contribution in [3.8, 4) is 11.5 Å². The number of hydrogen-bond donors (Lipinski definition) is 1. The van der Waals surface area contributed by atoms with Crippen LogP contribution >= 0.6 is 11.6 Å². The molecule has 1 atom stereocenters. The molecule has 1 aliphatic carbocycles. The van der Waals surface area contributed by atoms with Crippen LogP contribution in [0.1, 0.15) is 60.5 Å². The second-order valence-corrected chi connectivity index (χ2v) is 9.37. The molecule has 3 aromatic carbocycles. The van der Waals surface area contributed by atoms with Gasteiger partial charge in [0.25, 0.3) is 0 Å². The van der Waals surface area contributed by atoms with E-state index in [1.807, 2.05) is 42.5 Å². The standard InChI is InChI=1S/C27H26ClNO4/c1-32-24-11-8-19(18-5-2-3-6-20(18)24)23(30)9-12-26(31)29-22-16-27(13-4-14-27)33-25-10-7-17(28)15-21(22)25/h2-3,5-8,10-11,15,22H,4,9,12-14,16H2,1H3,(H,29,31). The highest BCUT2D eigenvalue weighted by molar-refractivity contribution is 6.30. The number of benzene rings is 3. The number of methoxy groups -OCH3 is 1. The summed E-state index contributed by atoms with van der Waals surface area (Å²) in [5.74, 6) is 1.31. The molecule has 2 aliphatic rings. The lowest BCUT2D eigenvalue weighted by atomic mass is 9.73. The molecule has 5 rings (SSSR count). The number of Topliss-reactive ketones (excluding diaryl/α,β-unsaturated/α-hetero) is 1. The van der Waals surface area contributed by atoms with Crippen molar-refractivity contribution in [3.05, 3.63) is 70.7 Å². The maximum absolute atomic E-state index is 13.0. The van der Waals surface area contributed by atoms with E-state index in [1.54, 1.807) is 19.2 Å². The van der Waals surface area contributed by atoms with Gasteiger partial charge in [-0.1, -0.05) is 35.9 Å². The first-order chi connectivity index (χ1) is 16.0. The van der Waals surface area contributed by atoms with Crippen molar-refractivity contribution >= 4 is 34.1 Å². The number of rotatable bonds is 6. The van der Waals surface area contributed by atoms with Crippen molar-refractivity contribution in [2.24, 2.45) is 0 Å². The number of ether oxygens (including phenoxy) is 2. The summed E-state index contributed by atoms with van der Waals surface area (Å²) in [4.78, 5) is 25.9. The Balaban J connectivity index is 1.29. The van der Waals surface area contributed by atoms with Gasteiger partial charge in [-0.15, -0.1) is 0 Å². The van der Waals surface area contributed by atoms with Crippen molar-refractivity contribution in [3.63, 3.8) is 0 Å². The molecule has 1 N–H and O–H groups in total. The molecule has 1 unspecified atom stereocenters. The fraction of sp³-hybridized carbons (Fsp3) is 0.333. The van der Waals surface area contributed by atoms with Crippen LogP contribution in [0.25, 0.3) is 10.8 Å². The summed E-state index contributed by atoms with van der Waals surface area (Å²) in [6.45, 7) is 0. The monoisotopic (exact) mass is 463 g/mol. The number of carbonyl (C=O) groups excluding carboxylic acids is 2. The smallest absolute Gasteiger partial charge is 0.220 e.